The lowest BCUT2D eigenvalue weighted by molar-refractivity contribution is -0.193. The molecule has 1 saturated carbocycles. The Labute approximate surface area is 80.7 Å². The van der Waals surface area contributed by atoms with E-state index in [0.717, 1.165) is 6.42 Å². The molecule has 0 amide bonds. The van der Waals surface area contributed by atoms with E-state index >= 15 is 0 Å². The molecule has 1 heterocycles. The highest BCUT2D eigenvalue weighted by atomic mass is 16.6. The van der Waals surface area contributed by atoms with Crippen LogP contribution in [0, 0.1) is 0 Å². The predicted molar refractivity (Wildman–Crippen MR) is 44.5 cm³/mol. The number of aliphatic hydroxyl groups is 1. The van der Waals surface area contributed by atoms with Gasteiger partial charge in [-0.15, -0.1) is 0 Å². The van der Waals surface area contributed by atoms with Gasteiger partial charge >= 0.3 is 11.9 Å². The number of carboxylic acids is 1. The molecule has 14 heavy (non-hydrogen) atoms. The van der Waals surface area contributed by atoms with E-state index < -0.39 is 23.1 Å². The number of esters is 1. The van der Waals surface area contributed by atoms with E-state index in [1.54, 1.807) is 0 Å². The Morgan fingerprint density at radius 3 is 2.57 bits per heavy atom. The maximum Gasteiger partial charge on any atom is 0.351 e. The van der Waals surface area contributed by atoms with Crippen LogP contribution in [0.15, 0.2) is 0 Å². The van der Waals surface area contributed by atoms with Gasteiger partial charge in [0.15, 0.2) is 0 Å². The van der Waals surface area contributed by atoms with Crippen molar-refractivity contribution in [3.8, 4) is 0 Å². The second-order valence-electron chi connectivity index (χ2n) is 4.02. The second-order valence-corrected chi connectivity index (χ2v) is 4.02. The number of rotatable bonds is 1. The molecule has 5 nitrogen and oxygen atoms in total. The lowest BCUT2D eigenvalue weighted by Crippen LogP contribution is -2.58. The Hall–Kier alpha value is -1.10. The molecule has 2 unspecified atom stereocenters. The van der Waals surface area contributed by atoms with Gasteiger partial charge in [-0.3, -0.25) is 4.79 Å². The van der Waals surface area contributed by atoms with Crippen molar-refractivity contribution in [2.24, 2.45) is 0 Å². The van der Waals surface area contributed by atoms with Crippen LogP contribution in [0.25, 0.3) is 0 Å². The number of carbonyl (C=O) groups excluding carboxylic acids is 1. The van der Waals surface area contributed by atoms with Gasteiger partial charge in [-0.25, -0.2) is 4.79 Å². The van der Waals surface area contributed by atoms with Gasteiger partial charge in [0.1, 0.15) is 5.60 Å². The summed E-state index contributed by atoms with van der Waals surface area (Å²) in [6.07, 6.45) is 1.75. The summed E-state index contributed by atoms with van der Waals surface area (Å²) in [6, 6.07) is 0. The molecule has 2 N–H and O–H groups in total. The van der Waals surface area contributed by atoms with Crippen LogP contribution in [0.5, 0.6) is 0 Å². The number of hydrogen-bond acceptors (Lipinski definition) is 4. The summed E-state index contributed by atoms with van der Waals surface area (Å²) in [7, 11) is 0. The molecule has 0 aromatic carbocycles. The average Bonchev–Trinajstić information content (AvgIpc) is 2.35. The summed E-state index contributed by atoms with van der Waals surface area (Å²) in [6.45, 7) is 0. The van der Waals surface area contributed by atoms with Crippen molar-refractivity contribution >= 4 is 11.9 Å². The standard InChI is InChI=1S/C9H12O5/c10-6-5-8(13)3-1-2-4-9(8,14-6)7(11)12/h13H,1-5H2,(H,11,12). The van der Waals surface area contributed by atoms with E-state index in [9.17, 15) is 14.7 Å². The van der Waals surface area contributed by atoms with Crippen molar-refractivity contribution in [1.29, 1.82) is 0 Å². The molecule has 2 aliphatic rings. The quantitative estimate of drug-likeness (QED) is 0.585. The van der Waals surface area contributed by atoms with Crippen LogP contribution in [0.2, 0.25) is 0 Å². The van der Waals surface area contributed by atoms with E-state index in [2.05, 4.69) is 0 Å². The molecule has 2 fully saturated rings. The zero-order valence-corrected chi connectivity index (χ0v) is 7.65. The molecule has 1 aliphatic heterocycles. The third kappa shape index (κ3) is 0.987. The molecule has 0 radical (unpaired) electrons. The third-order valence-electron chi connectivity index (χ3n) is 3.19. The molecular weight excluding hydrogens is 188 g/mol. The van der Waals surface area contributed by atoms with E-state index in [4.69, 9.17) is 9.84 Å². The highest BCUT2D eigenvalue weighted by molar-refractivity contribution is 5.88. The molecule has 2 rings (SSSR count). The van der Waals surface area contributed by atoms with Gasteiger partial charge in [-0.05, 0) is 12.8 Å². The van der Waals surface area contributed by atoms with E-state index in [1.165, 1.54) is 0 Å². The van der Waals surface area contributed by atoms with Gasteiger partial charge in [-0.2, -0.15) is 0 Å². The number of carbonyl (C=O) groups is 2. The van der Waals surface area contributed by atoms with Crippen LogP contribution < -0.4 is 0 Å². The summed E-state index contributed by atoms with van der Waals surface area (Å²) in [5, 5.41) is 19.1. The summed E-state index contributed by atoms with van der Waals surface area (Å²) >= 11 is 0. The average molecular weight is 200 g/mol. The Morgan fingerprint density at radius 1 is 1.36 bits per heavy atom. The van der Waals surface area contributed by atoms with Crippen LogP contribution in [0.4, 0.5) is 0 Å². The number of fused-ring (bicyclic) bond motifs is 1. The summed E-state index contributed by atoms with van der Waals surface area (Å²) in [5.41, 5.74) is -3.17. The van der Waals surface area contributed by atoms with Crippen LogP contribution in [0.1, 0.15) is 32.1 Å². The Kier molecular flexibility index (Phi) is 1.82. The van der Waals surface area contributed by atoms with E-state index in [1.807, 2.05) is 0 Å². The van der Waals surface area contributed by atoms with Gasteiger partial charge in [0.2, 0.25) is 5.60 Å². The maximum absolute atomic E-state index is 11.1. The van der Waals surface area contributed by atoms with Crippen molar-refractivity contribution < 1.29 is 24.5 Å². The first kappa shape index (κ1) is 9.45. The number of aliphatic carboxylic acids is 1. The van der Waals surface area contributed by atoms with Crippen LogP contribution >= 0.6 is 0 Å². The normalized spacial score (nSPS) is 41.6. The molecule has 0 aromatic rings. The van der Waals surface area contributed by atoms with Gasteiger partial charge < -0.3 is 14.9 Å². The van der Waals surface area contributed by atoms with Gasteiger partial charge in [-0.1, -0.05) is 6.42 Å². The third-order valence-corrected chi connectivity index (χ3v) is 3.19. The zero-order chi connectivity index (χ0) is 10.4. The largest absolute Gasteiger partial charge is 0.478 e. The first-order valence-electron chi connectivity index (χ1n) is 4.68. The number of ether oxygens (including phenoxy) is 1. The fraction of sp³-hybridized carbons (Fsp3) is 0.778. The minimum Gasteiger partial charge on any atom is -0.478 e. The maximum atomic E-state index is 11.1. The molecule has 1 saturated heterocycles. The van der Waals surface area contributed by atoms with Crippen LogP contribution in [0.3, 0.4) is 0 Å². The smallest absolute Gasteiger partial charge is 0.351 e. The Balaban J connectivity index is 2.42. The lowest BCUT2D eigenvalue weighted by atomic mass is 9.71. The van der Waals surface area contributed by atoms with Crippen molar-refractivity contribution in [3.63, 3.8) is 0 Å². The van der Waals surface area contributed by atoms with E-state index in [-0.39, 0.29) is 12.8 Å². The first-order valence-corrected chi connectivity index (χ1v) is 4.68. The highest BCUT2D eigenvalue weighted by Crippen LogP contribution is 2.47. The SMILES string of the molecule is O=C1CC2(O)CCCCC2(C(=O)O)O1. The molecule has 1 aliphatic carbocycles. The molecule has 2 atom stereocenters. The Bertz CT molecular complexity index is 300. The Morgan fingerprint density at radius 2 is 2.00 bits per heavy atom. The summed E-state index contributed by atoms with van der Waals surface area (Å²) in [4.78, 5) is 22.2. The minimum absolute atomic E-state index is 0.195. The summed E-state index contributed by atoms with van der Waals surface area (Å²) < 4.78 is 4.83. The molecule has 78 valence electrons. The van der Waals surface area contributed by atoms with E-state index in [0.29, 0.717) is 12.8 Å². The second kappa shape index (κ2) is 2.70. The molecule has 0 aromatic heterocycles. The molecular formula is C9H12O5. The van der Waals surface area contributed by atoms with Crippen molar-refractivity contribution in [2.75, 3.05) is 0 Å². The van der Waals surface area contributed by atoms with Crippen molar-refractivity contribution in [3.05, 3.63) is 0 Å². The van der Waals surface area contributed by atoms with Crippen LogP contribution in [-0.2, 0) is 14.3 Å². The molecule has 5 heteroatoms. The first-order chi connectivity index (χ1) is 6.50. The lowest BCUT2D eigenvalue weighted by Gasteiger charge is -2.39. The van der Waals surface area contributed by atoms with Crippen LogP contribution in [-0.4, -0.2) is 33.4 Å². The number of hydrogen-bond donors (Lipinski definition) is 2. The highest BCUT2D eigenvalue weighted by Gasteiger charge is 2.65. The molecule has 0 bridgehead atoms. The monoisotopic (exact) mass is 200 g/mol. The summed E-state index contributed by atoms with van der Waals surface area (Å²) in [5.74, 6) is -1.85. The van der Waals surface area contributed by atoms with Crippen molar-refractivity contribution in [1.82, 2.24) is 0 Å². The molecule has 0 spiro atoms. The predicted octanol–water partition coefficient (Wildman–Crippen LogP) is 0.0618. The fourth-order valence-corrected chi connectivity index (χ4v) is 2.42. The topological polar surface area (TPSA) is 83.8 Å². The zero-order valence-electron chi connectivity index (χ0n) is 7.65. The minimum atomic E-state index is -1.68. The fourth-order valence-electron chi connectivity index (χ4n) is 2.42. The van der Waals surface area contributed by atoms with Crippen molar-refractivity contribution in [2.45, 2.75) is 43.3 Å². The van der Waals surface area contributed by atoms with Gasteiger partial charge in [0, 0.05) is 6.42 Å². The van der Waals surface area contributed by atoms with Gasteiger partial charge in [0.25, 0.3) is 0 Å². The van der Waals surface area contributed by atoms with Gasteiger partial charge in [0.05, 0.1) is 6.42 Å². The number of carboxylic acid groups (broad SMARTS) is 1.